The molecule has 2 aromatic rings. The number of quaternary nitrogens is 1. The fraction of sp³-hybridized carbons (Fsp3) is 0.444. The number of ether oxygens (including phenoxy) is 1. The number of halogens is 1. The molecular weight excluding hydrogens is 344 g/mol. The molecule has 2 N–H and O–H groups in total. The highest BCUT2D eigenvalue weighted by Gasteiger charge is 2.13. The van der Waals surface area contributed by atoms with Crippen molar-refractivity contribution in [1.29, 1.82) is 0 Å². The summed E-state index contributed by atoms with van der Waals surface area (Å²) >= 11 is 6.23. The summed E-state index contributed by atoms with van der Waals surface area (Å²) in [5.74, 6) is 0.0971. The Balaban J connectivity index is 2.04. The van der Waals surface area contributed by atoms with E-state index in [-0.39, 0.29) is 18.1 Å². The molecule has 1 heterocycles. The van der Waals surface area contributed by atoms with Crippen LogP contribution in [0.25, 0.3) is 11.0 Å². The molecule has 1 aromatic heterocycles. The van der Waals surface area contributed by atoms with Gasteiger partial charge in [-0.2, -0.15) is 0 Å². The minimum atomic E-state index is -0.390. The Hall–Kier alpha value is -2.05. The van der Waals surface area contributed by atoms with Gasteiger partial charge in [-0.15, -0.1) is 0 Å². The maximum Gasteiger partial charge on any atom is 0.339 e. The minimum absolute atomic E-state index is 0.144. The van der Waals surface area contributed by atoms with E-state index < -0.39 is 0 Å². The largest absolute Gasteiger partial charge is 0.482 e. The van der Waals surface area contributed by atoms with Gasteiger partial charge in [0.2, 0.25) is 0 Å². The molecule has 0 radical (unpaired) electrons. The molecule has 0 bridgehead atoms. The summed E-state index contributed by atoms with van der Waals surface area (Å²) < 4.78 is 10.8. The quantitative estimate of drug-likeness (QED) is 0.567. The van der Waals surface area contributed by atoms with Gasteiger partial charge in [-0.25, -0.2) is 4.79 Å². The number of rotatable bonds is 7. The first kappa shape index (κ1) is 19.3. The van der Waals surface area contributed by atoms with Crippen molar-refractivity contribution in [3.63, 3.8) is 0 Å². The number of hydrogen-bond acceptors (Lipinski definition) is 4. The maximum absolute atomic E-state index is 11.8. The SMILES string of the molecule is Cc1c(C)c2cc(Cl)c(OCC(=O)NCCC[NH+](C)C)cc2oc1=O. The fourth-order valence-electron chi connectivity index (χ4n) is 2.42. The zero-order chi connectivity index (χ0) is 18.6. The first-order valence-corrected chi connectivity index (χ1v) is 8.59. The second kappa shape index (κ2) is 8.36. The van der Waals surface area contributed by atoms with E-state index in [4.69, 9.17) is 20.8 Å². The van der Waals surface area contributed by atoms with Gasteiger partial charge in [0.15, 0.2) is 6.61 Å². The third-order valence-corrected chi connectivity index (χ3v) is 4.34. The van der Waals surface area contributed by atoms with Gasteiger partial charge >= 0.3 is 5.63 Å². The molecule has 7 heteroatoms. The number of carbonyl (C=O) groups excluding carboxylic acids is 1. The first-order valence-electron chi connectivity index (χ1n) is 8.21. The topological polar surface area (TPSA) is 73.0 Å². The van der Waals surface area contributed by atoms with Crippen molar-refractivity contribution in [1.82, 2.24) is 5.32 Å². The molecule has 0 unspecified atom stereocenters. The Bertz CT molecular complexity index is 830. The highest BCUT2D eigenvalue weighted by molar-refractivity contribution is 6.32. The third kappa shape index (κ3) is 4.96. The van der Waals surface area contributed by atoms with Crippen molar-refractivity contribution >= 4 is 28.5 Å². The van der Waals surface area contributed by atoms with Crippen LogP contribution in [0.5, 0.6) is 5.75 Å². The molecule has 0 fully saturated rings. The lowest BCUT2D eigenvalue weighted by molar-refractivity contribution is -0.858. The summed E-state index contributed by atoms with van der Waals surface area (Å²) in [6.45, 7) is 4.99. The van der Waals surface area contributed by atoms with Crippen LogP contribution in [0.1, 0.15) is 17.5 Å². The lowest BCUT2D eigenvalue weighted by atomic mass is 10.1. The second-order valence-electron chi connectivity index (χ2n) is 6.37. The van der Waals surface area contributed by atoms with Crippen molar-refractivity contribution in [2.45, 2.75) is 20.3 Å². The number of carbonyl (C=O) groups is 1. The molecule has 0 aliphatic heterocycles. The predicted octanol–water partition coefficient (Wildman–Crippen LogP) is 1.09. The van der Waals surface area contributed by atoms with Crippen molar-refractivity contribution in [3.8, 4) is 5.75 Å². The number of benzene rings is 1. The van der Waals surface area contributed by atoms with Gasteiger partial charge < -0.3 is 19.4 Å². The van der Waals surface area contributed by atoms with Crippen LogP contribution < -0.4 is 20.6 Å². The number of hydrogen-bond donors (Lipinski definition) is 2. The van der Waals surface area contributed by atoms with Crippen LogP contribution in [0, 0.1) is 13.8 Å². The predicted molar refractivity (Wildman–Crippen MR) is 97.8 cm³/mol. The Kier molecular flexibility index (Phi) is 6.45. The van der Waals surface area contributed by atoms with Gasteiger partial charge in [0, 0.05) is 30.0 Å². The lowest BCUT2D eigenvalue weighted by Gasteiger charge is -2.11. The fourth-order valence-corrected chi connectivity index (χ4v) is 2.64. The average Bonchev–Trinajstić information content (AvgIpc) is 2.56. The molecular formula is C18H24ClN2O4+. The van der Waals surface area contributed by atoms with E-state index in [2.05, 4.69) is 19.4 Å². The van der Waals surface area contributed by atoms with Gasteiger partial charge in [-0.1, -0.05) is 11.6 Å². The second-order valence-corrected chi connectivity index (χ2v) is 6.77. The molecule has 0 spiro atoms. The number of aryl methyl sites for hydroxylation is 1. The highest BCUT2D eigenvalue weighted by atomic mass is 35.5. The molecule has 6 nitrogen and oxygen atoms in total. The summed E-state index contributed by atoms with van der Waals surface area (Å²) in [6.07, 6.45) is 0.897. The molecule has 2 rings (SSSR count). The van der Waals surface area contributed by atoms with Crippen LogP contribution in [0.2, 0.25) is 5.02 Å². The molecule has 136 valence electrons. The molecule has 0 aliphatic rings. The van der Waals surface area contributed by atoms with E-state index in [0.717, 1.165) is 23.9 Å². The monoisotopic (exact) mass is 367 g/mol. The number of amides is 1. The molecule has 0 aliphatic carbocycles. The van der Waals surface area contributed by atoms with E-state index in [1.807, 2.05) is 6.92 Å². The third-order valence-electron chi connectivity index (χ3n) is 4.04. The molecule has 0 saturated heterocycles. The lowest BCUT2D eigenvalue weighted by Crippen LogP contribution is -3.05. The Labute approximate surface area is 151 Å². The normalized spacial score (nSPS) is 11.1. The van der Waals surface area contributed by atoms with Crippen molar-refractivity contribution in [2.24, 2.45) is 0 Å². The molecule has 0 atom stereocenters. The highest BCUT2D eigenvalue weighted by Crippen LogP contribution is 2.31. The number of fused-ring (bicyclic) bond motifs is 1. The molecule has 0 saturated carbocycles. The maximum atomic E-state index is 11.8. The smallest absolute Gasteiger partial charge is 0.339 e. The van der Waals surface area contributed by atoms with Crippen molar-refractivity contribution in [3.05, 3.63) is 38.7 Å². The summed E-state index contributed by atoms with van der Waals surface area (Å²) in [7, 11) is 4.13. The summed E-state index contributed by atoms with van der Waals surface area (Å²) in [5, 5.41) is 3.92. The van der Waals surface area contributed by atoms with Gasteiger partial charge in [-0.3, -0.25) is 4.79 Å². The van der Waals surface area contributed by atoms with Gasteiger partial charge in [0.05, 0.1) is 25.7 Å². The zero-order valence-corrected chi connectivity index (χ0v) is 15.8. The van der Waals surface area contributed by atoms with E-state index in [9.17, 15) is 9.59 Å². The van der Waals surface area contributed by atoms with Crippen LogP contribution >= 0.6 is 11.6 Å². The van der Waals surface area contributed by atoms with E-state index in [1.165, 1.54) is 4.90 Å². The van der Waals surface area contributed by atoms with E-state index >= 15 is 0 Å². The summed E-state index contributed by atoms with van der Waals surface area (Å²) in [6, 6.07) is 3.24. The van der Waals surface area contributed by atoms with Crippen LogP contribution in [-0.2, 0) is 4.79 Å². The average molecular weight is 368 g/mol. The van der Waals surface area contributed by atoms with Crippen molar-refractivity contribution in [2.75, 3.05) is 33.8 Å². The summed E-state index contributed by atoms with van der Waals surface area (Å²) in [5.41, 5.74) is 1.37. The Morgan fingerprint density at radius 3 is 2.68 bits per heavy atom. The van der Waals surface area contributed by atoms with Gasteiger partial charge in [0.1, 0.15) is 11.3 Å². The zero-order valence-electron chi connectivity index (χ0n) is 15.0. The molecule has 25 heavy (non-hydrogen) atoms. The van der Waals surface area contributed by atoms with Crippen LogP contribution in [-0.4, -0.2) is 39.7 Å². The van der Waals surface area contributed by atoms with Crippen molar-refractivity contribution < 1.29 is 18.8 Å². The molecule has 1 aromatic carbocycles. The van der Waals surface area contributed by atoms with Crippen LogP contribution in [0.15, 0.2) is 21.3 Å². The Morgan fingerprint density at radius 2 is 2.00 bits per heavy atom. The van der Waals surface area contributed by atoms with E-state index in [0.29, 0.717) is 28.5 Å². The van der Waals surface area contributed by atoms with Crippen LogP contribution in [0.4, 0.5) is 0 Å². The van der Waals surface area contributed by atoms with Gasteiger partial charge in [-0.05, 0) is 25.5 Å². The standard InChI is InChI=1S/C18H23ClN2O4/c1-11-12(2)18(23)25-15-9-16(14(19)8-13(11)15)24-10-17(22)20-6-5-7-21(3)4/h8-9H,5-7,10H2,1-4H3,(H,20,22)/p+1. The van der Waals surface area contributed by atoms with E-state index in [1.54, 1.807) is 19.1 Å². The van der Waals surface area contributed by atoms with Crippen LogP contribution in [0.3, 0.4) is 0 Å². The minimum Gasteiger partial charge on any atom is -0.482 e. The molecule has 1 amide bonds. The first-order chi connectivity index (χ1) is 11.8. The Morgan fingerprint density at radius 1 is 1.28 bits per heavy atom. The number of nitrogens with one attached hydrogen (secondary N) is 2. The summed E-state index contributed by atoms with van der Waals surface area (Å²) in [4.78, 5) is 25.0. The van der Waals surface area contributed by atoms with Gasteiger partial charge in [0.25, 0.3) is 5.91 Å².